The van der Waals surface area contributed by atoms with Crippen molar-refractivity contribution in [3.63, 3.8) is 0 Å². The van der Waals surface area contributed by atoms with E-state index in [4.69, 9.17) is 11.6 Å². The Kier molecular flexibility index (Phi) is 1.88. The minimum Gasteiger partial charge on any atom is -0.364 e. The SMILES string of the molecule is CN(C)C1=NC=NC2=NC(Cl)=NC21. The molecule has 0 radical (unpaired) electrons. The highest BCUT2D eigenvalue weighted by atomic mass is 35.5. The summed E-state index contributed by atoms with van der Waals surface area (Å²) in [7, 11) is 3.80. The standard InChI is InChI=1S/C7H8ClN5/c1-13(2)6-4-5(9-3-10-6)12-7(8)11-4/h3-4H,1-2H3. The largest absolute Gasteiger partial charge is 0.364 e. The molecule has 2 rings (SSSR count). The smallest absolute Gasteiger partial charge is 0.220 e. The van der Waals surface area contributed by atoms with Crippen molar-refractivity contribution in [1.29, 1.82) is 0 Å². The van der Waals surface area contributed by atoms with Crippen molar-refractivity contribution >= 4 is 34.9 Å². The van der Waals surface area contributed by atoms with E-state index in [9.17, 15) is 0 Å². The highest BCUT2D eigenvalue weighted by Gasteiger charge is 2.29. The van der Waals surface area contributed by atoms with Crippen LogP contribution in [0, 0.1) is 0 Å². The van der Waals surface area contributed by atoms with Crippen molar-refractivity contribution in [1.82, 2.24) is 4.90 Å². The van der Waals surface area contributed by atoms with Gasteiger partial charge in [-0.15, -0.1) is 0 Å². The van der Waals surface area contributed by atoms with Crippen LogP contribution in [0.15, 0.2) is 20.0 Å². The first-order chi connectivity index (χ1) is 6.18. The van der Waals surface area contributed by atoms with Crippen molar-refractivity contribution in [2.24, 2.45) is 20.0 Å². The number of rotatable bonds is 0. The second kappa shape index (κ2) is 2.92. The second-order valence-corrected chi connectivity index (χ2v) is 3.24. The lowest BCUT2D eigenvalue weighted by atomic mass is 10.2. The Morgan fingerprint density at radius 2 is 2.23 bits per heavy atom. The van der Waals surface area contributed by atoms with Gasteiger partial charge in [0.15, 0.2) is 11.9 Å². The number of nitrogens with zero attached hydrogens (tertiary/aromatic N) is 5. The maximum atomic E-state index is 5.67. The molecule has 1 atom stereocenters. The fourth-order valence-electron chi connectivity index (χ4n) is 1.20. The highest BCUT2D eigenvalue weighted by Crippen LogP contribution is 2.14. The van der Waals surface area contributed by atoms with Gasteiger partial charge in [0.1, 0.15) is 12.2 Å². The third-order valence-electron chi connectivity index (χ3n) is 1.77. The molecule has 2 aliphatic heterocycles. The highest BCUT2D eigenvalue weighted by molar-refractivity contribution is 6.66. The summed E-state index contributed by atoms with van der Waals surface area (Å²) < 4.78 is 0. The van der Waals surface area contributed by atoms with E-state index < -0.39 is 0 Å². The molecule has 0 fully saturated rings. The number of halogens is 1. The second-order valence-electron chi connectivity index (χ2n) is 2.90. The fourth-order valence-corrected chi connectivity index (χ4v) is 1.38. The van der Waals surface area contributed by atoms with Gasteiger partial charge in [0.25, 0.3) is 0 Å². The van der Waals surface area contributed by atoms with Gasteiger partial charge in [-0.3, -0.25) is 0 Å². The zero-order valence-electron chi connectivity index (χ0n) is 7.27. The van der Waals surface area contributed by atoms with Gasteiger partial charge in [-0.1, -0.05) is 0 Å². The predicted octanol–water partition coefficient (Wildman–Crippen LogP) is 0.364. The summed E-state index contributed by atoms with van der Waals surface area (Å²) in [5.74, 6) is 1.42. The minimum absolute atomic E-state index is 0.215. The van der Waals surface area contributed by atoms with E-state index in [1.165, 1.54) is 6.34 Å². The van der Waals surface area contributed by atoms with Crippen LogP contribution in [0.5, 0.6) is 0 Å². The molecule has 0 bridgehead atoms. The van der Waals surface area contributed by atoms with Gasteiger partial charge in [-0.25, -0.2) is 20.0 Å². The molecule has 5 nitrogen and oxygen atoms in total. The van der Waals surface area contributed by atoms with Gasteiger partial charge in [0, 0.05) is 14.1 Å². The average molecular weight is 198 g/mol. The van der Waals surface area contributed by atoms with Gasteiger partial charge < -0.3 is 4.90 Å². The molecule has 68 valence electrons. The Morgan fingerprint density at radius 3 is 2.92 bits per heavy atom. The quantitative estimate of drug-likeness (QED) is 0.518. The summed E-state index contributed by atoms with van der Waals surface area (Å²) in [6.45, 7) is 0. The number of likely N-dealkylation sites (N-methyl/N-ethyl adjacent to an activating group) is 1. The molecule has 0 N–H and O–H groups in total. The molecule has 0 aromatic carbocycles. The monoisotopic (exact) mass is 197 g/mol. The predicted molar refractivity (Wildman–Crippen MR) is 54.1 cm³/mol. The number of hydrogen-bond donors (Lipinski definition) is 0. The van der Waals surface area contributed by atoms with Gasteiger partial charge in [0.05, 0.1) is 0 Å². The third-order valence-corrected chi connectivity index (χ3v) is 1.95. The van der Waals surface area contributed by atoms with E-state index in [0.29, 0.717) is 5.84 Å². The van der Waals surface area contributed by atoms with E-state index in [-0.39, 0.29) is 11.3 Å². The molecule has 0 aromatic heterocycles. The molecule has 0 saturated carbocycles. The summed E-state index contributed by atoms with van der Waals surface area (Å²) in [6, 6.07) is -0.215. The van der Waals surface area contributed by atoms with E-state index in [1.54, 1.807) is 0 Å². The van der Waals surface area contributed by atoms with Crippen LogP contribution in [0.25, 0.3) is 0 Å². The van der Waals surface area contributed by atoms with Gasteiger partial charge >= 0.3 is 0 Å². The lowest BCUT2D eigenvalue weighted by Crippen LogP contribution is -2.38. The molecule has 2 heterocycles. The van der Waals surface area contributed by atoms with Gasteiger partial charge in [0.2, 0.25) is 5.29 Å². The number of amidine groups is 3. The van der Waals surface area contributed by atoms with E-state index in [1.807, 2.05) is 19.0 Å². The summed E-state index contributed by atoms with van der Waals surface area (Å²) in [4.78, 5) is 18.1. The van der Waals surface area contributed by atoms with E-state index in [0.717, 1.165) is 5.84 Å². The zero-order valence-corrected chi connectivity index (χ0v) is 8.02. The first-order valence-electron chi connectivity index (χ1n) is 3.78. The van der Waals surface area contributed by atoms with Crippen LogP contribution in [-0.4, -0.2) is 48.3 Å². The molecule has 1 unspecified atom stereocenters. The molecule has 0 amide bonds. The third kappa shape index (κ3) is 1.35. The molecule has 13 heavy (non-hydrogen) atoms. The van der Waals surface area contributed by atoms with Crippen LogP contribution < -0.4 is 0 Å². The minimum atomic E-state index is -0.215. The Morgan fingerprint density at radius 1 is 1.46 bits per heavy atom. The molecular formula is C7H8ClN5. The lowest BCUT2D eigenvalue weighted by Gasteiger charge is -2.20. The number of hydrogen-bond acceptors (Lipinski definition) is 5. The first-order valence-corrected chi connectivity index (χ1v) is 4.15. The lowest BCUT2D eigenvalue weighted by molar-refractivity contribution is 0.605. The fraction of sp³-hybridized carbons (Fsp3) is 0.429. The number of fused-ring (bicyclic) bond motifs is 1. The summed E-state index contributed by atoms with van der Waals surface area (Å²) in [6.07, 6.45) is 1.47. The summed E-state index contributed by atoms with van der Waals surface area (Å²) in [5, 5.41) is 0.244. The normalized spacial score (nSPS) is 24.8. The maximum absolute atomic E-state index is 5.67. The van der Waals surface area contributed by atoms with Crippen LogP contribution >= 0.6 is 11.6 Å². The first kappa shape index (κ1) is 8.37. The molecule has 2 aliphatic rings. The van der Waals surface area contributed by atoms with Crippen molar-refractivity contribution < 1.29 is 0 Å². The van der Waals surface area contributed by atoms with E-state index in [2.05, 4.69) is 20.0 Å². The summed E-state index contributed by atoms with van der Waals surface area (Å²) in [5.41, 5.74) is 0. The van der Waals surface area contributed by atoms with Crippen LogP contribution in [0.1, 0.15) is 0 Å². The maximum Gasteiger partial charge on any atom is 0.220 e. The van der Waals surface area contributed by atoms with Gasteiger partial charge in [-0.2, -0.15) is 0 Å². The van der Waals surface area contributed by atoms with Crippen LogP contribution in [-0.2, 0) is 0 Å². The molecule has 0 aliphatic carbocycles. The molecular weight excluding hydrogens is 190 g/mol. The van der Waals surface area contributed by atoms with Crippen molar-refractivity contribution in [2.45, 2.75) is 6.04 Å². The topological polar surface area (TPSA) is 52.7 Å². The van der Waals surface area contributed by atoms with Crippen LogP contribution in [0.3, 0.4) is 0 Å². The molecule has 6 heteroatoms. The van der Waals surface area contributed by atoms with Gasteiger partial charge in [-0.05, 0) is 11.6 Å². The van der Waals surface area contributed by atoms with Crippen molar-refractivity contribution in [2.75, 3.05) is 14.1 Å². The zero-order chi connectivity index (χ0) is 9.42. The Hall–Kier alpha value is -1.23. The Bertz CT molecular complexity index is 352. The molecule has 0 saturated heterocycles. The van der Waals surface area contributed by atoms with Crippen molar-refractivity contribution in [3.8, 4) is 0 Å². The molecule has 0 spiro atoms. The van der Waals surface area contributed by atoms with E-state index >= 15 is 0 Å². The summed E-state index contributed by atoms with van der Waals surface area (Å²) >= 11 is 5.67. The Balaban J connectivity index is 2.37. The molecule has 0 aromatic rings. The average Bonchev–Trinajstić information content (AvgIpc) is 2.43. The van der Waals surface area contributed by atoms with Crippen LogP contribution in [0.4, 0.5) is 0 Å². The van der Waals surface area contributed by atoms with Crippen molar-refractivity contribution in [3.05, 3.63) is 0 Å². The Labute approximate surface area is 80.6 Å². The number of aliphatic imine (C=N–C) groups is 4. The van der Waals surface area contributed by atoms with Crippen LogP contribution in [0.2, 0.25) is 0 Å².